The van der Waals surface area contributed by atoms with E-state index in [2.05, 4.69) is 12.2 Å². The van der Waals surface area contributed by atoms with Gasteiger partial charge >= 0.3 is 5.97 Å². The van der Waals surface area contributed by atoms with Crippen molar-refractivity contribution in [2.24, 2.45) is 5.92 Å². The van der Waals surface area contributed by atoms with Crippen LogP contribution in [0.15, 0.2) is 0 Å². The number of methoxy groups -OCH3 is 1. The van der Waals surface area contributed by atoms with Gasteiger partial charge in [0, 0.05) is 13.5 Å². The Kier molecular flexibility index (Phi) is 6.09. The van der Waals surface area contributed by atoms with E-state index in [9.17, 15) is 4.79 Å². The molecule has 0 spiro atoms. The molecule has 1 aliphatic rings. The summed E-state index contributed by atoms with van der Waals surface area (Å²) < 4.78 is 10.6. The Labute approximate surface area is 110 Å². The molecular formula is C14H27NO3. The molecule has 1 heterocycles. The van der Waals surface area contributed by atoms with Gasteiger partial charge in [-0.05, 0) is 39.2 Å². The SMILES string of the molecule is CCC1CCNC(C(=O)OCCC(C)(C)OC)C1. The minimum atomic E-state index is -0.230. The molecule has 2 atom stereocenters. The van der Waals surface area contributed by atoms with Gasteiger partial charge in [-0.3, -0.25) is 4.79 Å². The van der Waals surface area contributed by atoms with Gasteiger partial charge < -0.3 is 14.8 Å². The van der Waals surface area contributed by atoms with Crippen molar-refractivity contribution in [3.63, 3.8) is 0 Å². The number of esters is 1. The number of hydrogen-bond acceptors (Lipinski definition) is 4. The second-order valence-electron chi connectivity index (χ2n) is 5.69. The summed E-state index contributed by atoms with van der Waals surface area (Å²) in [6.07, 6.45) is 3.93. The normalized spacial score (nSPS) is 24.9. The average molecular weight is 257 g/mol. The molecule has 1 aliphatic heterocycles. The lowest BCUT2D eigenvalue weighted by Crippen LogP contribution is -2.44. The number of rotatable bonds is 6. The van der Waals surface area contributed by atoms with Gasteiger partial charge in [-0.1, -0.05) is 13.3 Å². The van der Waals surface area contributed by atoms with Crippen LogP contribution in [-0.2, 0) is 14.3 Å². The zero-order valence-corrected chi connectivity index (χ0v) is 12.1. The van der Waals surface area contributed by atoms with E-state index in [1.165, 1.54) is 0 Å². The molecule has 1 saturated heterocycles. The summed E-state index contributed by atoms with van der Waals surface area (Å²) in [5, 5.41) is 3.24. The van der Waals surface area contributed by atoms with Crippen LogP contribution in [0.5, 0.6) is 0 Å². The van der Waals surface area contributed by atoms with Crippen LogP contribution in [0.2, 0.25) is 0 Å². The van der Waals surface area contributed by atoms with Gasteiger partial charge in [0.25, 0.3) is 0 Å². The van der Waals surface area contributed by atoms with Gasteiger partial charge in [0.2, 0.25) is 0 Å². The van der Waals surface area contributed by atoms with E-state index in [-0.39, 0.29) is 17.6 Å². The Bertz CT molecular complexity index is 266. The monoisotopic (exact) mass is 257 g/mol. The summed E-state index contributed by atoms with van der Waals surface area (Å²) in [6, 6.07) is -0.116. The lowest BCUT2D eigenvalue weighted by atomic mass is 9.90. The highest BCUT2D eigenvalue weighted by molar-refractivity contribution is 5.75. The number of ether oxygens (including phenoxy) is 2. The highest BCUT2D eigenvalue weighted by Crippen LogP contribution is 2.20. The van der Waals surface area contributed by atoms with Gasteiger partial charge in [0.15, 0.2) is 0 Å². The number of carbonyl (C=O) groups excluding carboxylic acids is 1. The van der Waals surface area contributed by atoms with Crippen LogP contribution in [0.3, 0.4) is 0 Å². The quantitative estimate of drug-likeness (QED) is 0.740. The van der Waals surface area contributed by atoms with E-state index >= 15 is 0 Å². The van der Waals surface area contributed by atoms with Crippen LogP contribution < -0.4 is 5.32 Å². The van der Waals surface area contributed by atoms with Crippen LogP contribution in [0.25, 0.3) is 0 Å². The summed E-state index contributed by atoms with van der Waals surface area (Å²) in [7, 11) is 1.68. The summed E-state index contributed by atoms with van der Waals surface area (Å²) >= 11 is 0. The van der Waals surface area contributed by atoms with Gasteiger partial charge in [-0.25, -0.2) is 0 Å². The molecule has 0 saturated carbocycles. The maximum absolute atomic E-state index is 11.9. The van der Waals surface area contributed by atoms with Crippen molar-refractivity contribution < 1.29 is 14.3 Å². The van der Waals surface area contributed by atoms with E-state index < -0.39 is 0 Å². The smallest absolute Gasteiger partial charge is 0.323 e. The highest BCUT2D eigenvalue weighted by atomic mass is 16.5. The predicted molar refractivity (Wildman–Crippen MR) is 71.5 cm³/mol. The first kappa shape index (κ1) is 15.4. The highest BCUT2D eigenvalue weighted by Gasteiger charge is 2.27. The third-order valence-corrected chi connectivity index (χ3v) is 3.88. The molecule has 0 aliphatic carbocycles. The summed E-state index contributed by atoms with van der Waals surface area (Å²) in [6.45, 7) is 7.51. The fourth-order valence-corrected chi connectivity index (χ4v) is 2.15. The fourth-order valence-electron chi connectivity index (χ4n) is 2.15. The molecule has 1 fully saturated rings. The Morgan fingerprint density at radius 1 is 1.44 bits per heavy atom. The van der Waals surface area contributed by atoms with Gasteiger partial charge in [0.05, 0.1) is 12.2 Å². The van der Waals surface area contributed by atoms with Crippen LogP contribution in [-0.4, -0.2) is 37.9 Å². The van der Waals surface area contributed by atoms with Crippen molar-refractivity contribution in [3.05, 3.63) is 0 Å². The molecule has 4 heteroatoms. The molecule has 0 radical (unpaired) electrons. The predicted octanol–water partition coefficient (Wildman–Crippen LogP) is 2.12. The number of carbonyl (C=O) groups is 1. The molecule has 1 N–H and O–H groups in total. The molecule has 0 bridgehead atoms. The largest absolute Gasteiger partial charge is 0.464 e. The number of piperidine rings is 1. The minimum absolute atomic E-state index is 0.111. The molecule has 4 nitrogen and oxygen atoms in total. The maximum Gasteiger partial charge on any atom is 0.323 e. The van der Waals surface area contributed by atoms with Crippen molar-refractivity contribution in [2.75, 3.05) is 20.3 Å². The van der Waals surface area contributed by atoms with Crippen LogP contribution in [0, 0.1) is 5.92 Å². The second-order valence-corrected chi connectivity index (χ2v) is 5.69. The van der Waals surface area contributed by atoms with Crippen molar-refractivity contribution >= 4 is 5.97 Å². The molecule has 106 valence electrons. The zero-order chi connectivity index (χ0) is 13.6. The Hall–Kier alpha value is -0.610. The molecule has 1 rings (SSSR count). The van der Waals surface area contributed by atoms with E-state index in [0.717, 1.165) is 32.2 Å². The number of hydrogen-bond donors (Lipinski definition) is 1. The lowest BCUT2D eigenvalue weighted by molar-refractivity contribution is -0.148. The van der Waals surface area contributed by atoms with Crippen LogP contribution in [0.4, 0.5) is 0 Å². The van der Waals surface area contributed by atoms with E-state index in [1.807, 2.05) is 13.8 Å². The first-order valence-electron chi connectivity index (χ1n) is 6.93. The van der Waals surface area contributed by atoms with Crippen LogP contribution in [0.1, 0.15) is 46.5 Å². The van der Waals surface area contributed by atoms with E-state index in [0.29, 0.717) is 12.5 Å². The first-order valence-corrected chi connectivity index (χ1v) is 6.93. The minimum Gasteiger partial charge on any atom is -0.464 e. The van der Waals surface area contributed by atoms with E-state index in [4.69, 9.17) is 9.47 Å². The third-order valence-electron chi connectivity index (χ3n) is 3.88. The molecule has 18 heavy (non-hydrogen) atoms. The topological polar surface area (TPSA) is 47.6 Å². The third kappa shape index (κ3) is 4.94. The van der Waals surface area contributed by atoms with Crippen molar-refractivity contribution in [1.82, 2.24) is 5.32 Å². The fraction of sp³-hybridized carbons (Fsp3) is 0.929. The molecule has 0 aromatic carbocycles. The molecule has 2 unspecified atom stereocenters. The average Bonchev–Trinajstić information content (AvgIpc) is 2.38. The molecule has 0 aromatic rings. The molecule has 0 aromatic heterocycles. The maximum atomic E-state index is 11.9. The van der Waals surface area contributed by atoms with Gasteiger partial charge in [-0.2, -0.15) is 0 Å². The Morgan fingerprint density at radius 2 is 2.17 bits per heavy atom. The summed E-state index contributed by atoms with van der Waals surface area (Å²) in [4.78, 5) is 11.9. The van der Waals surface area contributed by atoms with Gasteiger partial charge in [0.1, 0.15) is 6.04 Å². The summed E-state index contributed by atoms with van der Waals surface area (Å²) in [5.74, 6) is 0.541. The van der Waals surface area contributed by atoms with Crippen molar-refractivity contribution in [3.8, 4) is 0 Å². The zero-order valence-electron chi connectivity index (χ0n) is 12.1. The summed E-state index contributed by atoms with van der Waals surface area (Å²) in [5.41, 5.74) is -0.230. The first-order chi connectivity index (χ1) is 8.48. The van der Waals surface area contributed by atoms with Crippen LogP contribution >= 0.6 is 0 Å². The second kappa shape index (κ2) is 7.10. The Morgan fingerprint density at radius 3 is 2.78 bits per heavy atom. The number of nitrogens with one attached hydrogen (secondary N) is 1. The van der Waals surface area contributed by atoms with Crippen molar-refractivity contribution in [2.45, 2.75) is 58.1 Å². The lowest BCUT2D eigenvalue weighted by Gasteiger charge is -2.29. The van der Waals surface area contributed by atoms with Crippen molar-refractivity contribution in [1.29, 1.82) is 0 Å². The van der Waals surface area contributed by atoms with Gasteiger partial charge in [-0.15, -0.1) is 0 Å². The molecule has 0 amide bonds. The standard InChI is InChI=1S/C14H27NO3/c1-5-11-6-8-15-12(10-11)13(16)18-9-7-14(2,3)17-4/h11-12,15H,5-10H2,1-4H3. The van der Waals surface area contributed by atoms with E-state index in [1.54, 1.807) is 7.11 Å². The Balaban J connectivity index is 2.28. The molecular weight excluding hydrogens is 230 g/mol.